The lowest BCUT2D eigenvalue weighted by molar-refractivity contribution is -0.390. The van der Waals surface area contributed by atoms with E-state index in [2.05, 4.69) is 40.1 Å². The maximum atomic E-state index is 13.0. The first-order chi connectivity index (χ1) is 19.1. The fourth-order valence-electron chi connectivity index (χ4n) is 5.79. The van der Waals surface area contributed by atoms with Crippen LogP contribution in [-0.4, -0.2) is 52.4 Å². The summed E-state index contributed by atoms with van der Waals surface area (Å²) in [4.78, 5) is 30.4. The summed E-state index contributed by atoms with van der Waals surface area (Å²) in [6.07, 6.45) is 19.5. The maximum absolute atomic E-state index is 13.0. The van der Waals surface area contributed by atoms with Crippen molar-refractivity contribution in [1.82, 2.24) is 15.0 Å². The summed E-state index contributed by atoms with van der Waals surface area (Å²) in [6.45, 7) is 4.46. The first-order valence-electron chi connectivity index (χ1n) is 14.3. The molecular weight excluding hydrogens is 490 g/mol. The second-order valence-corrected chi connectivity index (χ2v) is 10.8. The van der Waals surface area contributed by atoms with Crippen molar-refractivity contribution in [3.63, 3.8) is 0 Å². The van der Waals surface area contributed by atoms with Crippen LogP contribution in [-0.2, 0) is 15.9 Å². The Morgan fingerprint density at radius 2 is 2.13 bits per heavy atom. The molecule has 0 bridgehead atoms. The molecule has 0 aromatic carbocycles. The van der Waals surface area contributed by atoms with Gasteiger partial charge in [-0.25, -0.2) is 15.0 Å². The Balaban J connectivity index is 1.28. The van der Waals surface area contributed by atoms with E-state index in [4.69, 9.17) is 14.5 Å². The zero-order valence-electron chi connectivity index (χ0n) is 23.1. The molecule has 0 radical (unpaired) electrons. The van der Waals surface area contributed by atoms with Gasteiger partial charge in [-0.05, 0) is 61.7 Å². The number of H-pyrrole nitrogens is 1. The minimum absolute atomic E-state index is 0.324. The third-order valence-electron chi connectivity index (χ3n) is 7.96. The van der Waals surface area contributed by atoms with Crippen LogP contribution in [0.2, 0.25) is 0 Å². The molecule has 0 saturated carbocycles. The average Bonchev–Trinajstić information content (AvgIpc) is 3.37. The van der Waals surface area contributed by atoms with Gasteiger partial charge in [0.25, 0.3) is 0 Å². The number of aliphatic imine (C=N–C) groups is 1. The van der Waals surface area contributed by atoms with E-state index in [0.717, 1.165) is 97.1 Å². The Morgan fingerprint density at radius 1 is 1.28 bits per heavy atom. The first-order valence-corrected chi connectivity index (χ1v) is 14.3. The van der Waals surface area contributed by atoms with Crippen LogP contribution in [0, 0.1) is 22.7 Å². The lowest BCUT2D eigenvalue weighted by Crippen LogP contribution is -2.30. The SMILES string of the molecule is CCC(Cc1nccc(C2=NC=CC(COC)C2)n1)C1C=c2cc([N+](=O)C=C3CCCOCCC3)[nH]c2=CC1. The van der Waals surface area contributed by atoms with Crippen LogP contribution in [0.15, 0.2) is 47.4 Å². The van der Waals surface area contributed by atoms with E-state index in [0.29, 0.717) is 30.2 Å². The van der Waals surface area contributed by atoms with Gasteiger partial charge < -0.3 is 9.47 Å². The van der Waals surface area contributed by atoms with Crippen LogP contribution in [0.5, 0.6) is 0 Å². The second-order valence-electron chi connectivity index (χ2n) is 10.8. The summed E-state index contributed by atoms with van der Waals surface area (Å²) in [5, 5.41) is 2.14. The van der Waals surface area contributed by atoms with E-state index in [1.165, 1.54) is 5.57 Å². The second kappa shape index (κ2) is 13.2. The Kier molecular flexibility index (Phi) is 9.27. The van der Waals surface area contributed by atoms with Gasteiger partial charge in [-0.1, -0.05) is 30.4 Å². The number of nitroso groups, excluding NO2 is 1. The van der Waals surface area contributed by atoms with Gasteiger partial charge in [-0.2, -0.15) is 0 Å². The summed E-state index contributed by atoms with van der Waals surface area (Å²) in [5.74, 6) is 2.54. The normalized spacial score (nSPS) is 22.0. The molecule has 1 aliphatic carbocycles. The molecule has 5 rings (SSSR count). The Morgan fingerprint density at radius 3 is 2.92 bits per heavy atom. The molecule has 2 aromatic rings. The molecule has 1 saturated heterocycles. The van der Waals surface area contributed by atoms with Gasteiger partial charge in [-0.3, -0.25) is 4.99 Å². The van der Waals surface area contributed by atoms with Crippen molar-refractivity contribution in [2.75, 3.05) is 26.9 Å². The van der Waals surface area contributed by atoms with Crippen molar-refractivity contribution < 1.29 is 14.2 Å². The van der Waals surface area contributed by atoms with Gasteiger partial charge in [0.05, 0.1) is 18.0 Å². The molecule has 206 valence electrons. The van der Waals surface area contributed by atoms with E-state index in [1.807, 2.05) is 24.5 Å². The van der Waals surface area contributed by atoms with Crippen molar-refractivity contribution in [2.24, 2.45) is 22.7 Å². The fourth-order valence-corrected chi connectivity index (χ4v) is 5.79. The average molecular weight is 531 g/mol. The highest BCUT2D eigenvalue weighted by Gasteiger charge is 2.24. The molecule has 2 aliphatic heterocycles. The largest absolute Gasteiger partial charge is 0.384 e. The Bertz CT molecular complexity index is 1360. The number of allylic oxidation sites excluding steroid dienone is 1. The molecule has 4 heterocycles. The summed E-state index contributed by atoms with van der Waals surface area (Å²) < 4.78 is 11.9. The standard InChI is InChI=1S/C31H40N5O3/c1-3-24(18-30-33-13-11-28(34-30)29-16-23(21-38-2)10-12-32-29)25-8-9-27-26(17-25)19-31(35-27)36(37)20-22-6-4-14-39-15-5-7-22/h9-13,17,19-20,23-25,35H,3-8,14-16,18,21H2,1-2H3/q+1. The Hall–Kier alpha value is -3.23. The van der Waals surface area contributed by atoms with E-state index in [-0.39, 0.29) is 0 Å². The molecule has 39 heavy (non-hydrogen) atoms. The number of hydrogen-bond donors (Lipinski definition) is 1. The van der Waals surface area contributed by atoms with Gasteiger partial charge in [0, 0.05) is 67.5 Å². The zero-order valence-corrected chi connectivity index (χ0v) is 23.1. The molecule has 3 atom stereocenters. The molecule has 1 fully saturated rings. The monoisotopic (exact) mass is 530 g/mol. The zero-order chi connectivity index (χ0) is 27.0. The molecule has 3 unspecified atom stereocenters. The summed E-state index contributed by atoms with van der Waals surface area (Å²) in [6, 6.07) is 3.94. The summed E-state index contributed by atoms with van der Waals surface area (Å²) in [5.41, 5.74) is 3.09. The van der Waals surface area contributed by atoms with Gasteiger partial charge >= 0.3 is 5.82 Å². The number of fused-ring (bicyclic) bond motifs is 1. The van der Waals surface area contributed by atoms with E-state index in [9.17, 15) is 4.91 Å². The summed E-state index contributed by atoms with van der Waals surface area (Å²) in [7, 11) is 1.73. The molecule has 8 heteroatoms. The third kappa shape index (κ3) is 7.05. The number of nitrogens with zero attached hydrogens (tertiary/aromatic N) is 4. The van der Waals surface area contributed by atoms with Gasteiger partial charge in [-0.15, -0.1) is 0 Å². The van der Waals surface area contributed by atoms with Crippen molar-refractivity contribution in [3.8, 4) is 0 Å². The number of methoxy groups -OCH3 is 1. The number of aromatic nitrogens is 3. The highest BCUT2D eigenvalue weighted by atomic mass is 16.5. The van der Waals surface area contributed by atoms with E-state index in [1.54, 1.807) is 13.3 Å². The predicted octanol–water partition coefficient (Wildman–Crippen LogP) is 4.51. The lowest BCUT2D eigenvalue weighted by atomic mass is 9.82. The van der Waals surface area contributed by atoms with Crippen molar-refractivity contribution in [3.05, 3.63) is 69.4 Å². The minimum Gasteiger partial charge on any atom is -0.384 e. The third-order valence-corrected chi connectivity index (χ3v) is 7.96. The Labute approximate surface area is 230 Å². The number of aromatic amines is 1. The van der Waals surface area contributed by atoms with Crippen molar-refractivity contribution in [2.45, 2.75) is 58.3 Å². The number of rotatable bonds is 9. The highest BCUT2D eigenvalue weighted by Crippen LogP contribution is 2.27. The predicted molar refractivity (Wildman–Crippen MR) is 153 cm³/mol. The smallest absolute Gasteiger partial charge is 0.324 e. The molecular formula is C31H40N5O3+. The molecule has 2 aromatic heterocycles. The molecule has 0 amide bonds. The first kappa shape index (κ1) is 27.3. The quantitative estimate of drug-likeness (QED) is 0.482. The minimum atomic E-state index is 0.324. The van der Waals surface area contributed by atoms with Crippen molar-refractivity contribution >= 4 is 23.7 Å². The molecule has 0 spiro atoms. The van der Waals surface area contributed by atoms with Gasteiger partial charge in [0.2, 0.25) is 0 Å². The van der Waals surface area contributed by atoms with Crippen LogP contribution in [0.1, 0.15) is 63.4 Å². The van der Waals surface area contributed by atoms with E-state index < -0.39 is 0 Å². The van der Waals surface area contributed by atoms with Crippen LogP contribution < -0.4 is 10.6 Å². The number of nitrogens with one attached hydrogen (secondary N) is 1. The van der Waals surface area contributed by atoms with Crippen LogP contribution in [0.25, 0.3) is 12.2 Å². The van der Waals surface area contributed by atoms with Crippen LogP contribution in [0.4, 0.5) is 5.82 Å². The molecule has 1 N–H and O–H groups in total. The molecule has 8 nitrogen and oxygen atoms in total. The van der Waals surface area contributed by atoms with E-state index >= 15 is 0 Å². The van der Waals surface area contributed by atoms with Crippen molar-refractivity contribution in [1.29, 1.82) is 0 Å². The molecule has 3 aliphatic rings. The number of ether oxygens (including phenoxy) is 2. The van der Waals surface area contributed by atoms with Gasteiger partial charge in [0.1, 0.15) is 17.4 Å². The topological polar surface area (TPSA) is 92.5 Å². The lowest BCUT2D eigenvalue weighted by Gasteiger charge is -2.23. The van der Waals surface area contributed by atoms with Crippen LogP contribution in [0.3, 0.4) is 0 Å². The number of hydrogen-bond acceptors (Lipinski definition) is 6. The fraction of sp³-hybridized carbons (Fsp3) is 0.516. The van der Waals surface area contributed by atoms with Gasteiger partial charge in [0.15, 0.2) is 0 Å². The maximum Gasteiger partial charge on any atom is 0.324 e. The summed E-state index contributed by atoms with van der Waals surface area (Å²) >= 11 is 0. The van der Waals surface area contributed by atoms with Crippen LogP contribution >= 0.6 is 0 Å². The highest BCUT2D eigenvalue weighted by molar-refractivity contribution is 6.00.